The van der Waals surface area contributed by atoms with Crippen LogP contribution in [0, 0.1) is 0 Å². The molecule has 0 spiro atoms. The Kier molecular flexibility index (Phi) is 3.42. The molecular weight excluding hydrogens is 294 g/mol. The average molecular weight is 311 g/mol. The maximum Gasteiger partial charge on any atom is 0.270 e. The lowest BCUT2D eigenvalue weighted by atomic mass is 10.1. The average Bonchev–Trinajstić information content (AvgIpc) is 3.02. The minimum atomic E-state index is -0.347. The van der Waals surface area contributed by atoms with Crippen LogP contribution in [0.5, 0.6) is 0 Å². The lowest BCUT2D eigenvalue weighted by Crippen LogP contribution is -2.35. The largest absolute Gasteiger partial charge is 0.391 e. The number of pyridine rings is 1. The van der Waals surface area contributed by atoms with Gasteiger partial charge in [0.1, 0.15) is 11.5 Å². The number of hydrogen-bond donors (Lipinski definition) is 2. The van der Waals surface area contributed by atoms with Crippen molar-refractivity contribution in [1.82, 2.24) is 20.3 Å². The van der Waals surface area contributed by atoms with Crippen LogP contribution < -0.4 is 10.2 Å². The number of nitrogens with zero attached hydrogens (tertiary/aromatic N) is 4. The summed E-state index contributed by atoms with van der Waals surface area (Å²) < 4.78 is 0. The smallest absolute Gasteiger partial charge is 0.270 e. The molecule has 118 valence electrons. The van der Waals surface area contributed by atoms with Crippen molar-refractivity contribution < 1.29 is 9.90 Å². The molecule has 0 bridgehead atoms. The highest BCUT2D eigenvalue weighted by Gasteiger charge is 2.29. The van der Waals surface area contributed by atoms with E-state index in [0.717, 1.165) is 23.5 Å². The second kappa shape index (κ2) is 5.58. The molecule has 0 unspecified atom stereocenters. The van der Waals surface area contributed by atoms with Gasteiger partial charge in [-0.15, -0.1) is 0 Å². The maximum atomic E-state index is 12.2. The van der Waals surface area contributed by atoms with Gasteiger partial charge in [0.15, 0.2) is 5.82 Å². The van der Waals surface area contributed by atoms with Gasteiger partial charge in [0.25, 0.3) is 5.91 Å². The summed E-state index contributed by atoms with van der Waals surface area (Å²) in [6.07, 6.45) is 4.45. The molecule has 0 aliphatic carbocycles. The number of aliphatic hydroxyl groups excluding tert-OH is 1. The molecule has 7 heteroatoms. The summed E-state index contributed by atoms with van der Waals surface area (Å²) in [4.78, 5) is 27.5. The predicted molar refractivity (Wildman–Crippen MR) is 84.1 cm³/mol. The van der Waals surface area contributed by atoms with E-state index in [1.165, 1.54) is 0 Å². The van der Waals surface area contributed by atoms with Crippen LogP contribution >= 0.6 is 0 Å². The van der Waals surface area contributed by atoms with Gasteiger partial charge in [-0.1, -0.05) is 0 Å². The molecule has 7 nitrogen and oxygen atoms in total. The number of fused-ring (bicyclic) bond motifs is 1. The Hall–Kier alpha value is -2.54. The quantitative estimate of drug-likeness (QED) is 0.834. The number of aliphatic hydroxyl groups is 1. The fourth-order valence-corrected chi connectivity index (χ4v) is 3.09. The Labute approximate surface area is 133 Å². The van der Waals surface area contributed by atoms with Crippen molar-refractivity contribution in [3.05, 3.63) is 35.8 Å². The molecular formula is C16H17N5O2. The monoisotopic (exact) mass is 311 g/mol. The third-order valence-corrected chi connectivity index (χ3v) is 4.24. The molecule has 0 aromatic carbocycles. The van der Waals surface area contributed by atoms with Gasteiger partial charge in [-0.05, 0) is 25.0 Å². The number of amides is 1. The van der Waals surface area contributed by atoms with E-state index in [2.05, 4.69) is 15.3 Å². The number of hydrogen-bond acceptors (Lipinski definition) is 6. The van der Waals surface area contributed by atoms with Gasteiger partial charge in [-0.2, -0.15) is 0 Å². The molecule has 2 aliphatic heterocycles. The van der Waals surface area contributed by atoms with E-state index in [9.17, 15) is 9.90 Å². The Bertz CT molecular complexity index is 750. The molecule has 2 aromatic heterocycles. The normalized spacial score (nSPS) is 20.3. The van der Waals surface area contributed by atoms with E-state index in [1.807, 2.05) is 17.0 Å². The molecule has 4 heterocycles. The second-order valence-electron chi connectivity index (χ2n) is 5.83. The topological polar surface area (TPSA) is 91.2 Å². The van der Waals surface area contributed by atoms with Crippen LogP contribution in [0.2, 0.25) is 0 Å². The van der Waals surface area contributed by atoms with Crippen LogP contribution in [0.25, 0.3) is 11.4 Å². The first-order valence-electron chi connectivity index (χ1n) is 7.75. The van der Waals surface area contributed by atoms with Crippen molar-refractivity contribution in [1.29, 1.82) is 0 Å². The van der Waals surface area contributed by atoms with Gasteiger partial charge >= 0.3 is 0 Å². The highest BCUT2D eigenvalue weighted by Crippen LogP contribution is 2.29. The minimum Gasteiger partial charge on any atom is -0.391 e. The van der Waals surface area contributed by atoms with E-state index >= 15 is 0 Å². The Morgan fingerprint density at radius 1 is 1.35 bits per heavy atom. The number of rotatable bonds is 2. The first-order chi connectivity index (χ1) is 11.2. The van der Waals surface area contributed by atoms with Crippen LogP contribution in [-0.4, -0.2) is 51.7 Å². The number of β-amino-alcohol motifs (C(OH)–C–C–N with tert-alkyl or cyclic N) is 1. The van der Waals surface area contributed by atoms with Gasteiger partial charge in [0.05, 0.1) is 6.10 Å². The third-order valence-electron chi connectivity index (χ3n) is 4.24. The zero-order valence-corrected chi connectivity index (χ0v) is 12.6. The molecule has 23 heavy (non-hydrogen) atoms. The van der Waals surface area contributed by atoms with Crippen LogP contribution in [0.4, 0.5) is 5.82 Å². The van der Waals surface area contributed by atoms with Crippen LogP contribution in [0.3, 0.4) is 0 Å². The number of carbonyl (C=O) groups excluding carboxylic acids is 1. The molecule has 2 aromatic rings. The first-order valence-corrected chi connectivity index (χ1v) is 7.75. The van der Waals surface area contributed by atoms with Crippen molar-refractivity contribution in [2.45, 2.75) is 18.9 Å². The molecule has 2 N–H and O–H groups in total. The fraction of sp³-hybridized carbons (Fsp3) is 0.375. The molecule has 2 aliphatic rings. The van der Waals surface area contributed by atoms with Crippen LogP contribution in [-0.2, 0) is 6.42 Å². The number of anilines is 1. The summed E-state index contributed by atoms with van der Waals surface area (Å²) in [6.45, 7) is 1.86. The van der Waals surface area contributed by atoms with E-state index in [4.69, 9.17) is 4.98 Å². The summed E-state index contributed by atoms with van der Waals surface area (Å²) in [5.41, 5.74) is 2.08. The lowest BCUT2D eigenvalue weighted by Gasteiger charge is -2.25. The number of carbonyl (C=O) groups is 1. The van der Waals surface area contributed by atoms with E-state index in [1.54, 1.807) is 12.4 Å². The predicted octanol–water partition coefficient (Wildman–Crippen LogP) is 0.395. The van der Waals surface area contributed by atoms with Crippen molar-refractivity contribution in [2.75, 3.05) is 24.5 Å². The SMILES string of the molecule is O=C1NCCc2c1nc(-c1cccnc1)nc2N1CC[C@@H](O)C1. The van der Waals surface area contributed by atoms with Crippen LogP contribution in [0.15, 0.2) is 24.5 Å². The summed E-state index contributed by atoms with van der Waals surface area (Å²) in [5.74, 6) is 1.09. The second-order valence-corrected chi connectivity index (χ2v) is 5.83. The minimum absolute atomic E-state index is 0.167. The summed E-state index contributed by atoms with van der Waals surface area (Å²) >= 11 is 0. The molecule has 0 saturated carbocycles. The van der Waals surface area contributed by atoms with Crippen LogP contribution in [0.1, 0.15) is 22.5 Å². The fourth-order valence-electron chi connectivity index (χ4n) is 3.09. The standard InChI is InChI=1S/C16H17N5O2/c22-11-4-7-21(9-11)15-12-3-6-18-16(23)13(12)19-14(20-15)10-2-1-5-17-8-10/h1-2,5,8,11,22H,3-4,6-7,9H2,(H,18,23)/t11-/m1/s1. The van der Waals surface area contributed by atoms with Gasteiger partial charge in [-0.3, -0.25) is 9.78 Å². The molecule has 0 radical (unpaired) electrons. The summed E-state index contributed by atoms with van der Waals surface area (Å²) in [6, 6.07) is 3.69. The highest BCUT2D eigenvalue weighted by molar-refractivity contribution is 5.96. The highest BCUT2D eigenvalue weighted by atomic mass is 16.3. The summed E-state index contributed by atoms with van der Waals surface area (Å²) in [5, 5.41) is 12.7. The Morgan fingerprint density at radius 3 is 3.00 bits per heavy atom. The maximum absolute atomic E-state index is 12.2. The van der Waals surface area contributed by atoms with E-state index in [-0.39, 0.29) is 12.0 Å². The van der Waals surface area contributed by atoms with Crippen molar-refractivity contribution >= 4 is 11.7 Å². The zero-order valence-electron chi connectivity index (χ0n) is 12.6. The van der Waals surface area contributed by atoms with Crippen molar-refractivity contribution in [3.8, 4) is 11.4 Å². The number of nitrogens with one attached hydrogen (secondary N) is 1. The van der Waals surface area contributed by atoms with E-state index < -0.39 is 0 Å². The summed E-state index contributed by atoms with van der Waals surface area (Å²) in [7, 11) is 0. The van der Waals surface area contributed by atoms with E-state index in [0.29, 0.717) is 37.4 Å². The van der Waals surface area contributed by atoms with Gasteiger partial charge in [0, 0.05) is 43.2 Å². The number of aromatic nitrogens is 3. The van der Waals surface area contributed by atoms with Gasteiger partial charge in [-0.25, -0.2) is 9.97 Å². The van der Waals surface area contributed by atoms with Gasteiger partial charge < -0.3 is 15.3 Å². The third kappa shape index (κ3) is 2.53. The zero-order chi connectivity index (χ0) is 15.8. The van der Waals surface area contributed by atoms with Gasteiger partial charge in [0.2, 0.25) is 0 Å². The Morgan fingerprint density at radius 2 is 2.26 bits per heavy atom. The molecule has 1 atom stereocenters. The molecule has 1 amide bonds. The Balaban J connectivity index is 1.86. The van der Waals surface area contributed by atoms with Crippen molar-refractivity contribution in [3.63, 3.8) is 0 Å². The van der Waals surface area contributed by atoms with Crippen molar-refractivity contribution in [2.24, 2.45) is 0 Å². The molecule has 4 rings (SSSR count). The first kappa shape index (κ1) is 14.1. The molecule has 1 saturated heterocycles. The molecule has 1 fully saturated rings. The lowest BCUT2D eigenvalue weighted by molar-refractivity contribution is 0.0940.